The fourth-order valence-corrected chi connectivity index (χ4v) is 5.06. The molecule has 2 atom stereocenters. The van der Waals surface area contributed by atoms with E-state index in [2.05, 4.69) is 15.1 Å². The average molecular weight is 478 g/mol. The van der Waals surface area contributed by atoms with E-state index in [-0.39, 0.29) is 35.8 Å². The number of nitro groups is 1. The summed E-state index contributed by atoms with van der Waals surface area (Å²) >= 11 is 0. The lowest BCUT2D eigenvalue weighted by molar-refractivity contribution is -0.384. The Morgan fingerprint density at radius 2 is 1.83 bits per heavy atom. The Morgan fingerprint density at radius 3 is 2.57 bits per heavy atom. The van der Waals surface area contributed by atoms with E-state index >= 15 is 0 Å². The van der Waals surface area contributed by atoms with E-state index in [9.17, 15) is 23.7 Å². The zero-order valence-corrected chi connectivity index (χ0v) is 18.9. The van der Waals surface area contributed by atoms with Gasteiger partial charge in [-0.1, -0.05) is 18.2 Å². The SMILES string of the molecule is O=C(NCc1ccccc1F)[C@@H]1Cc2cc([N+](=O)[O-])ccc2N2CCN(c3ccc(F)cc3)C[C@@H]12. The van der Waals surface area contributed by atoms with Crippen LogP contribution in [0.5, 0.6) is 0 Å². The maximum absolute atomic E-state index is 14.1. The van der Waals surface area contributed by atoms with Crippen LogP contribution in [0.15, 0.2) is 66.7 Å². The van der Waals surface area contributed by atoms with Gasteiger partial charge in [-0.25, -0.2) is 8.78 Å². The summed E-state index contributed by atoms with van der Waals surface area (Å²) in [6.45, 7) is 1.84. The third-order valence-corrected chi connectivity index (χ3v) is 6.85. The van der Waals surface area contributed by atoms with Gasteiger partial charge < -0.3 is 15.1 Å². The maximum atomic E-state index is 14.1. The molecule has 1 N–H and O–H groups in total. The number of non-ortho nitro benzene ring substituents is 1. The van der Waals surface area contributed by atoms with Crippen molar-refractivity contribution in [2.75, 3.05) is 29.4 Å². The number of fused-ring (bicyclic) bond motifs is 3. The van der Waals surface area contributed by atoms with Gasteiger partial charge in [-0.2, -0.15) is 0 Å². The summed E-state index contributed by atoms with van der Waals surface area (Å²) in [4.78, 5) is 28.6. The summed E-state index contributed by atoms with van der Waals surface area (Å²) in [6, 6.07) is 17.1. The van der Waals surface area contributed by atoms with Crippen molar-refractivity contribution in [2.24, 2.45) is 5.92 Å². The zero-order valence-electron chi connectivity index (χ0n) is 18.9. The third-order valence-electron chi connectivity index (χ3n) is 6.85. The molecular weight excluding hydrogens is 454 g/mol. The number of amides is 1. The summed E-state index contributed by atoms with van der Waals surface area (Å²) in [6.07, 6.45) is 0.332. The van der Waals surface area contributed by atoms with Crippen molar-refractivity contribution in [2.45, 2.75) is 19.0 Å². The average Bonchev–Trinajstić information content (AvgIpc) is 2.87. The largest absolute Gasteiger partial charge is 0.368 e. The van der Waals surface area contributed by atoms with Crippen molar-refractivity contribution < 1.29 is 18.5 Å². The first kappa shape index (κ1) is 22.8. The molecule has 0 spiro atoms. The van der Waals surface area contributed by atoms with Crippen LogP contribution in [-0.4, -0.2) is 36.5 Å². The number of rotatable bonds is 5. The van der Waals surface area contributed by atoms with Crippen molar-refractivity contribution in [1.29, 1.82) is 0 Å². The lowest BCUT2D eigenvalue weighted by Crippen LogP contribution is -2.61. The summed E-state index contributed by atoms with van der Waals surface area (Å²) < 4.78 is 27.5. The lowest BCUT2D eigenvalue weighted by atomic mass is 9.83. The monoisotopic (exact) mass is 478 g/mol. The Morgan fingerprint density at radius 1 is 1.06 bits per heavy atom. The van der Waals surface area contributed by atoms with Crippen molar-refractivity contribution >= 4 is 23.0 Å². The highest BCUT2D eigenvalue weighted by molar-refractivity contribution is 5.82. The van der Waals surface area contributed by atoms with E-state index in [0.29, 0.717) is 31.6 Å². The fraction of sp³-hybridized carbons (Fsp3) is 0.269. The zero-order chi connectivity index (χ0) is 24.5. The Hall–Kier alpha value is -4.01. The minimum Gasteiger partial charge on any atom is -0.368 e. The molecule has 35 heavy (non-hydrogen) atoms. The molecule has 1 fully saturated rings. The number of hydrogen-bond donors (Lipinski definition) is 1. The van der Waals surface area contributed by atoms with Gasteiger partial charge in [0.2, 0.25) is 5.91 Å². The van der Waals surface area contributed by atoms with Gasteiger partial charge in [-0.3, -0.25) is 14.9 Å². The minimum absolute atomic E-state index is 0.0161. The lowest BCUT2D eigenvalue weighted by Gasteiger charge is -2.49. The standard InChI is InChI=1S/C26H24F2N4O3/c27-19-5-7-20(8-6-19)30-11-12-31-24-10-9-21(32(34)35)13-18(24)14-22(25(31)16-30)26(33)29-15-17-3-1-2-4-23(17)28/h1-10,13,22,25H,11-12,14-16H2,(H,29,33)/t22-,25+/m1/s1. The highest BCUT2D eigenvalue weighted by Crippen LogP contribution is 2.38. The van der Waals surface area contributed by atoms with Crippen LogP contribution in [0.25, 0.3) is 0 Å². The molecular formula is C26H24F2N4O3. The molecule has 0 bridgehead atoms. The second-order valence-electron chi connectivity index (χ2n) is 8.87. The van der Waals surface area contributed by atoms with E-state index in [4.69, 9.17) is 0 Å². The van der Waals surface area contributed by atoms with Gasteiger partial charge in [0.1, 0.15) is 11.6 Å². The molecule has 0 saturated carbocycles. The molecule has 0 aliphatic carbocycles. The molecule has 3 aromatic rings. The third kappa shape index (κ3) is 4.53. The van der Waals surface area contributed by atoms with Crippen LogP contribution < -0.4 is 15.1 Å². The first-order valence-electron chi connectivity index (χ1n) is 11.5. The Balaban J connectivity index is 1.43. The number of piperazine rings is 1. The van der Waals surface area contributed by atoms with Crippen LogP contribution in [-0.2, 0) is 17.8 Å². The van der Waals surface area contributed by atoms with Crippen LogP contribution in [0.1, 0.15) is 11.1 Å². The number of nitrogens with zero attached hydrogens (tertiary/aromatic N) is 3. The first-order valence-corrected chi connectivity index (χ1v) is 11.5. The van der Waals surface area contributed by atoms with E-state index in [0.717, 1.165) is 16.9 Å². The van der Waals surface area contributed by atoms with Crippen LogP contribution in [0.2, 0.25) is 0 Å². The number of nitrogens with one attached hydrogen (secondary N) is 1. The van der Waals surface area contributed by atoms with E-state index in [1.54, 1.807) is 36.4 Å². The van der Waals surface area contributed by atoms with Gasteiger partial charge >= 0.3 is 0 Å². The van der Waals surface area contributed by atoms with Crippen molar-refractivity contribution in [3.05, 3.63) is 99.6 Å². The fourth-order valence-electron chi connectivity index (χ4n) is 5.06. The smallest absolute Gasteiger partial charge is 0.269 e. The molecule has 1 saturated heterocycles. The van der Waals surface area contributed by atoms with E-state index < -0.39 is 10.8 Å². The molecule has 0 unspecified atom stereocenters. The normalized spacial score (nSPS) is 19.0. The van der Waals surface area contributed by atoms with E-state index in [1.807, 2.05) is 0 Å². The molecule has 180 valence electrons. The summed E-state index contributed by atoms with van der Waals surface area (Å²) in [5.41, 5.74) is 2.87. The van der Waals surface area contributed by atoms with E-state index in [1.165, 1.54) is 30.3 Å². The molecule has 2 aliphatic rings. The predicted molar refractivity (Wildman–Crippen MR) is 128 cm³/mol. The number of halogens is 2. The highest BCUT2D eigenvalue weighted by Gasteiger charge is 2.42. The highest BCUT2D eigenvalue weighted by atomic mass is 19.1. The summed E-state index contributed by atoms with van der Waals surface area (Å²) in [5, 5.41) is 14.2. The summed E-state index contributed by atoms with van der Waals surface area (Å²) in [5.74, 6) is -1.44. The van der Waals surface area contributed by atoms with Gasteiger partial charge in [0.05, 0.1) is 16.9 Å². The molecule has 0 aromatic heterocycles. The molecule has 2 heterocycles. The molecule has 1 amide bonds. The number of carbonyl (C=O) groups is 1. The Labute approximate surface area is 201 Å². The molecule has 9 heteroatoms. The minimum atomic E-state index is -0.500. The van der Waals surface area contributed by atoms with Gasteiger partial charge in [0, 0.05) is 55.2 Å². The second kappa shape index (κ2) is 9.32. The van der Waals surface area contributed by atoms with Gasteiger partial charge in [-0.15, -0.1) is 0 Å². The molecule has 5 rings (SSSR count). The topological polar surface area (TPSA) is 78.7 Å². The number of benzene rings is 3. The number of hydrogen-bond acceptors (Lipinski definition) is 5. The van der Waals surface area contributed by atoms with Crippen molar-refractivity contribution in [1.82, 2.24) is 5.32 Å². The van der Waals surface area contributed by atoms with Crippen LogP contribution in [0, 0.1) is 27.7 Å². The predicted octanol–water partition coefficient (Wildman–Crippen LogP) is 4.06. The second-order valence-corrected chi connectivity index (χ2v) is 8.87. The van der Waals surface area contributed by atoms with Crippen LogP contribution in [0.4, 0.5) is 25.8 Å². The van der Waals surface area contributed by atoms with Gasteiger partial charge in [0.15, 0.2) is 0 Å². The maximum Gasteiger partial charge on any atom is 0.269 e. The Kier molecular flexibility index (Phi) is 6.07. The number of carbonyl (C=O) groups excluding carboxylic acids is 1. The van der Waals surface area contributed by atoms with Crippen LogP contribution in [0.3, 0.4) is 0 Å². The molecule has 3 aromatic carbocycles. The van der Waals surface area contributed by atoms with Crippen molar-refractivity contribution in [3.8, 4) is 0 Å². The molecule has 0 radical (unpaired) electrons. The quantitative estimate of drug-likeness (QED) is 0.442. The summed E-state index contributed by atoms with van der Waals surface area (Å²) in [7, 11) is 0. The Bertz CT molecular complexity index is 1270. The first-order chi connectivity index (χ1) is 16.9. The van der Waals surface area contributed by atoms with Crippen molar-refractivity contribution in [3.63, 3.8) is 0 Å². The molecule has 7 nitrogen and oxygen atoms in total. The van der Waals surface area contributed by atoms with Gasteiger partial charge in [-0.05, 0) is 48.4 Å². The van der Waals surface area contributed by atoms with Crippen LogP contribution >= 0.6 is 0 Å². The van der Waals surface area contributed by atoms with Gasteiger partial charge in [0.25, 0.3) is 5.69 Å². The number of nitro benzene ring substituents is 1. The molecule has 2 aliphatic heterocycles. The number of anilines is 2.